The maximum Gasteiger partial charge on any atom is 0.303 e. The van der Waals surface area contributed by atoms with Crippen LogP contribution in [0.1, 0.15) is 26.2 Å². The van der Waals surface area contributed by atoms with Crippen LogP contribution >= 0.6 is 0 Å². The van der Waals surface area contributed by atoms with E-state index in [9.17, 15) is 13.2 Å². The van der Waals surface area contributed by atoms with Crippen LogP contribution in [0.15, 0.2) is 0 Å². The van der Waals surface area contributed by atoms with Crippen LogP contribution in [0.3, 0.4) is 0 Å². The highest BCUT2D eigenvalue weighted by Crippen LogP contribution is 2.07. The van der Waals surface area contributed by atoms with Crippen LogP contribution in [0.25, 0.3) is 0 Å². The molecule has 0 aliphatic rings. The monoisotopic (exact) mass is 267 g/mol. The Balaban J connectivity index is 4.01. The number of carboxylic acids is 1. The second kappa shape index (κ2) is 8.43. The van der Waals surface area contributed by atoms with Crippen LogP contribution in [-0.2, 0) is 19.6 Å². The van der Waals surface area contributed by atoms with E-state index in [0.717, 1.165) is 0 Å². The Morgan fingerprint density at radius 2 is 2.12 bits per heavy atom. The quantitative estimate of drug-likeness (QED) is 0.560. The van der Waals surface area contributed by atoms with Gasteiger partial charge in [-0.25, -0.2) is 13.1 Å². The molecule has 1 unspecified atom stereocenters. The molecule has 0 aromatic heterocycles. The van der Waals surface area contributed by atoms with Crippen LogP contribution in [0.4, 0.5) is 0 Å². The highest BCUT2D eigenvalue weighted by molar-refractivity contribution is 7.89. The highest BCUT2D eigenvalue weighted by Gasteiger charge is 2.15. The Morgan fingerprint density at radius 3 is 2.59 bits per heavy atom. The zero-order valence-electron chi connectivity index (χ0n) is 10.3. The van der Waals surface area contributed by atoms with Gasteiger partial charge in [0.15, 0.2) is 0 Å². The van der Waals surface area contributed by atoms with Gasteiger partial charge in [0.2, 0.25) is 10.0 Å². The Morgan fingerprint density at radius 1 is 1.47 bits per heavy atom. The fraction of sp³-hybridized carbons (Fsp3) is 0.900. The third kappa shape index (κ3) is 9.08. The minimum absolute atomic E-state index is 0.00431. The van der Waals surface area contributed by atoms with Crippen molar-refractivity contribution in [3.63, 3.8) is 0 Å². The predicted molar refractivity (Wildman–Crippen MR) is 64.3 cm³/mol. The van der Waals surface area contributed by atoms with E-state index in [2.05, 4.69) is 4.72 Å². The molecule has 0 spiro atoms. The van der Waals surface area contributed by atoms with Crippen LogP contribution < -0.4 is 4.72 Å². The summed E-state index contributed by atoms with van der Waals surface area (Å²) in [5, 5.41) is 8.62. The third-order valence-electron chi connectivity index (χ3n) is 2.39. The van der Waals surface area contributed by atoms with Crippen molar-refractivity contribution in [2.45, 2.75) is 26.2 Å². The maximum atomic E-state index is 11.5. The summed E-state index contributed by atoms with van der Waals surface area (Å²) in [6.45, 7) is 2.41. The molecular weight excluding hydrogens is 246 g/mol. The molecule has 0 saturated carbocycles. The van der Waals surface area contributed by atoms with Gasteiger partial charge < -0.3 is 9.84 Å². The first kappa shape index (κ1) is 16.3. The molecule has 0 aromatic carbocycles. The fourth-order valence-electron chi connectivity index (χ4n) is 1.32. The molecule has 7 heteroatoms. The molecule has 0 bridgehead atoms. The summed E-state index contributed by atoms with van der Waals surface area (Å²) in [7, 11) is -1.80. The van der Waals surface area contributed by atoms with Gasteiger partial charge in [-0.1, -0.05) is 13.3 Å². The third-order valence-corrected chi connectivity index (χ3v) is 3.83. The summed E-state index contributed by atoms with van der Waals surface area (Å²) in [4.78, 5) is 10.5. The van der Waals surface area contributed by atoms with E-state index in [1.807, 2.05) is 6.92 Å². The molecule has 0 radical (unpaired) electrons. The van der Waals surface area contributed by atoms with Crippen LogP contribution in [-0.4, -0.2) is 45.5 Å². The SMILES string of the molecule is CCC(CNS(=O)(=O)CCCOC)CC(=O)O. The van der Waals surface area contributed by atoms with E-state index in [1.165, 1.54) is 7.11 Å². The first-order chi connectivity index (χ1) is 7.91. The first-order valence-corrected chi connectivity index (χ1v) is 7.24. The molecule has 0 rings (SSSR count). The van der Waals surface area contributed by atoms with Gasteiger partial charge in [0.1, 0.15) is 0 Å². The molecule has 0 aromatic rings. The van der Waals surface area contributed by atoms with Crippen molar-refractivity contribution in [2.24, 2.45) is 5.92 Å². The summed E-state index contributed by atoms with van der Waals surface area (Å²) in [6, 6.07) is 0. The molecule has 0 amide bonds. The van der Waals surface area contributed by atoms with Gasteiger partial charge in [-0.05, 0) is 12.3 Å². The lowest BCUT2D eigenvalue weighted by Gasteiger charge is -2.13. The first-order valence-electron chi connectivity index (χ1n) is 5.59. The summed E-state index contributed by atoms with van der Waals surface area (Å²) in [5.74, 6) is -1.07. The largest absolute Gasteiger partial charge is 0.481 e. The van der Waals surface area contributed by atoms with Crippen molar-refractivity contribution < 1.29 is 23.1 Å². The molecule has 102 valence electrons. The van der Waals surface area contributed by atoms with Crippen molar-refractivity contribution in [2.75, 3.05) is 26.0 Å². The predicted octanol–water partition coefficient (Wildman–Crippen LogP) is 0.443. The van der Waals surface area contributed by atoms with E-state index < -0.39 is 16.0 Å². The Hall–Kier alpha value is -0.660. The standard InChI is InChI=1S/C10H21NO5S/c1-3-9(7-10(12)13)8-11-17(14,15)6-4-5-16-2/h9,11H,3-8H2,1-2H3,(H,12,13). The molecule has 0 fully saturated rings. The van der Waals surface area contributed by atoms with E-state index in [1.54, 1.807) is 0 Å². The molecule has 17 heavy (non-hydrogen) atoms. The van der Waals surface area contributed by atoms with Crippen molar-refractivity contribution in [3.8, 4) is 0 Å². The second-order valence-electron chi connectivity index (χ2n) is 3.89. The number of nitrogens with one attached hydrogen (secondary N) is 1. The fourth-order valence-corrected chi connectivity index (χ4v) is 2.45. The average molecular weight is 267 g/mol. The van der Waals surface area contributed by atoms with E-state index in [-0.39, 0.29) is 24.6 Å². The lowest BCUT2D eigenvalue weighted by molar-refractivity contribution is -0.138. The van der Waals surface area contributed by atoms with Crippen molar-refractivity contribution in [1.29, 1.82) is 0 Å². The summed E-state index contributed by atoms with van der Waals surface area (Å²) in [6.07, 6.45) is 1.05. The normalized spacial score (nSPS) is 13.5. The molecule has 2 N–H and O–H groups in total. The molecular formula is C10H21NO5S. The van der Waals surface area contributed by atoms with Gasteiger partial charge in [0.05, 0.1) is 5.75 Å². The zero-order valence-corrected chi connectivity index (χ0v) is 11.1. The number of methoxy groups -OCH3 is 1. The van der Waals surface area contributed by atoms with Gasteiger partial charge in [-0.2, -0.15) is 0 Å². The summed E-state index contributed by atoms with van der Waals surface area (Å²) < 4.78 is 30.2. The van der Waals surface area contributed by atoms with Gasteiger partial charge in [0.25, 0.3) is 0 Å². The van der Waals surface area contributed by atoms with E-state index in [0.29, 0.717) is 19.4 Å². The van der Waals surface area contributed by atoms with Gasteiger partial charge in [-0.15, -0.1) is 0 Å². The second-order valence-corrected chi connectivity index (χ2v) is 5.81. The lowest BCUT2D eigenvalue weighted by Crippen LogP contribution is -2.32. The number of ether oxygens (including phenoxy) is 1. The number of carbonyl (C=O) groups is 1. The summed E-state index contributed by atoms with van der Waals surface area (Å²) in [5.41, 5.74) is 0. The number of sulfonamides is 1. The minimum atomic E-state index is -3.32. The van der Waals surface area contributed by atoms with Crippen molar-refractivity contribution in [3.05, 3.63) is 0 Å². The van der Waals surface area contributed by atoms with Crippen molar-refractivity contribution >= 4 is 16.0 Å². The molecule has 6 nitrogen and oxygen atoms in total. The Bertz CT molecular complexity index is 315. The molecule has 0 saturated heterocycles. The van der Waals surface area contributed by atoms with Gasteiger partial charge >= 0.3 is 5.97 Å². The number of rotatable bonds is 10. The molecule has 0 aliphatic carbocycles. The van der Waals surface area contributed by atoms with Crippen LogP contribution in [0.2, 0.25) is 0 Å². The van der Waals surface area contributed by atoms with Crippen LogP contribution in [0, 0.1) is 5.92 Å². The average Bonchev–Trinajstić information content (AvgIpc) is 2.24. The van der Waals surface area contributed by atoms with E-state index >= 15 is 0 Å². The minimum Gasteiger partial charge on any atom is -0.481 e. The number of carboxylic acid groups (broad SMARTS) is 1. The molecule has 0 heterocycles. The van der Waals surface area contributed by atoms with Gasteiger partial charge in [-0.3, -0.25) is 4.79 Å². The topological polar surface area (TPSA) is 92.7 Å². The van der Waals surface area contributed by atoms with Crippen molar-refractivity contribution in [1.82, 2.24) is 4.72 Å². The maximum absolute atomic E-state index is 11.5. The molecule has 0 aliphatic heterocycles. The highest BCUT2D eigenvalue weighted by atomic mass is 32.2. The van der Waals surface area contributed by atoms with Crippen LogP contribution in [0.5, 0.6) is 0 Å². The Labute approximate surface area is 102 Å². The van der Waals surface area contributed by atoms with E-state index in [4.69, 9.17) is 9.84 Å². The number of aliphatic carboxylic acids is 1. The summed E-state index contributed by atoms with van der Waals surface area (Å²) >= 11 is 0. The number of hydrogen-bond donors (Lipinski definition) is 2. The Kier molecular flexibility index (Phi) is 8.11. The molecule has 1 atom stereocenters. The number of hydrogen-bond acceptors (Lipinski definition) is 4. The zero-order chi connectivity index (χ0) is 13.3. The van der Waals surface area contributed by atoms with Gasteiger partial charge in [0, 0.05) is 26.7 Å². The lowest BCUT2D eigenvalue weighted by atomic mass is 10.0. The smallest absolute Gasteiger partial charge is 0.303 e.